The van der Waals surface area contributed by atoms with E-state index in [9.17, 15) is 0 Å². The molecule has 2 N–H and O–H groups in total. The zero-order valence-corrected chi connectivity index (χ0v) is 9.64. The van der Waals surface area contributed by atoms with E-state index >= 15 is 0 Å². The van der Waals surface area contributed by atoms with Gasteiger partial charge in [0.1, 0.15) is 0 Å². The number of nitrogens with zero attached hydrogens (tertiary/aromatic N) is 3. The van der Waals surface area contributed by atoms with Gasteiger partial charge in [0.15, 0.2) is 0 Å². The van der Waals surface area contributed by atoms with Gasteiger partial charge in [-0.1, -0.05) is 0 Å². The number of aromatic nitrogens is 4. The third-order valence-electron chi connectivity index (χ3n) is 2.60. The first kappa shape index (κ1) is 10.9. The topological polar surface area (TPSA) is 58.5 Å². The highest BCUT2D eigenvalue weighted by molar-refractivity contribution is 5.13. The van der Waals surface area contributed by atoms with Crippen LogP contribution in [0.4, 0.5) is 0 Å². The summed E-state index contributed by atoms with van der Waals surface area (Å²) in [6.07, 6.45) is 5.64. The van der Waals surface area contributed by atoms with Crippen molar-refractivity contribution in [2.75, 3.05) is 0 Å². The van der Waals surface area contributed by atoms with E-state index in [1.165, 1.54) is 5.56 Å². The average molecular weight is 219 g/mol. The standard InChI is InChI=1S/C11H17N5/c1-9(8-16-5-3-4-14-16)12-6-11-7-13-15-10(11)2/h3-5,7,9,12H,6,8H2,1-2H3,(H,13,15). The lowest BCUT2D eigenvalue weighted by atomic mass is 10.2. The summed E-state index contributed by atoms with van der Waals surface area (Å²) in [7, 11) is 0. The first-order chi connectivity index (χ1) is 7.75. The molecule has 0 fully saturated rings. The largest absolute Gasteiger partial charge is 0.308 e. The van der Waals surface area contributed by atoms with E-state index < -0.39 is 0 Å². The van der Waals surface area contributed by atoms with Crippen molar-refractivity contribution in [2.45, 2.75) is 33.0 Å². The predicted molar refractivity (Wildman–Crippen MR) is 61.9 cm³/mol. The molecule has 0 aliphatic carbocycles. The molecular weight excluding hydrogens is 202 g/mol. The SMILES string of the molecule is Cc1[nH]ncc1CNC(C)Cn1cccn1. The van der Waals surface area contributed by atoms with Gasteiger partial charge in [0.25, 0.3) is 0 Å². The van der Waals surface area contributed by atoms with Crippen LogP contribution in [-0.4, -0.2) is 26.0 Å². The van der Waals surface area contributed by atoms with Gasteiger partial charge in [-0.2, -0.15) is 10.2 Å². The Hall–Kier alpha value is -1.62. The third-order valence-corrected chi connectivity index (χ3v) is 2.60. The van der Waals surface area contributed by atoms with E-state index in [0.717, 1.165) is 18.8 Å². The molecule has 2 heterocycles. The Labute approximate surface area is 94.9 Å². The van der Waals surface area contributed by atoms with Crippen LogP contribution in [0.1, 0.15) is 18.2 Å². The van der Waals surface area contributed by atoms with Crippen molar-refractivity contribution in [1.82, 2.24) is 25.3 Å². The molecular formula is C11H17N5. The number of hydrogen-bond acceptors (Lipinski definition) is 3. The van der Waals surface area contributed by atoms with Gasteiger partial charge < -0.3 is 5.32 Å². The van der Waals surface area contributed by atoms with Gasteiger partial charge in [-0.05, 0) is 19.9 Å². The van der Waals surface area contributed by atoms with E-state index in [2.05, 4.69) is 27.5 Å². The molecule has 5 heteroatoms. The Bertz CT molecular complexity index is 417. The summed E-state index contributed by atoms with van der Waals surface area (Å²) < 4.78 is 1.93. The molecule has 0 aromatic carbocycles. The predicted octanol–water partition coefficient (Wildman–Crippen LogP) is 1.09. The molecule has 2 rings (SSSR count). The van der Waals surface area contributed by atoms with Crippen molar-refractivity contribution in [1.29, 1.82) is 0 Å². The van der Waals surface area contributed by atoms with Gasteiger partial charge in [-0.25, -0.2) is 0 Å². The molecule has 1 unspecified atom stereocenters. The Morgan fingerprint density at radius 2 is 2.44 bits per heavy atom. The van der Waals surface area contributed by atoms with Crippen LogP contribution in [0.25, 0.3) is 0 Å². The van der Waals surface area contributed by atoms with E-state index in [0.29, 0.717) is 6.04 Å². The number of H-pyrrole nitrogens is 1. The molecule has 2 aromatic heterocycles. The van der Waals surface area contributed by atoms with E-state index in [1.807, 2.05) is 30.1 Å². The van der Waals surface area contributed by atoms with Gasteiger partial charge in [-0.15, -0.1) is 0 Å². The van der Waals surface area contributed by atoms with Crippen LogP contribution in [-0.2, 0) is 13.1 Å². The molecule has 0 amide bonds. The summed E-state index contributed by atoms with van der Waals surface area (Å²) in [6.45, 7) is 5.90. The molecule has 0 aliphatic rings. The summed E-state index contributed by atoms with van der Waals surface area (Å²) in [4.78, 5) is 0. The minimum atomic E-state index is 0.384. The molecule has 0 saturated carbocycles. The number of hydrogen-bond donors (Lipinski definition) is 2. The summed E-state index contributed by atoms with van der Waals surface area (Å²) in [5.41, 5.74) is 2.34. The van der Waals surface area contributed by atoms with Crippen LogP contribution in [0, 0.1) is 6.92 Å². The molecule has 86 valence electrons. The first-order valence-electron chi connectivity index (χ1n) is 5.45. The van der Waals surface area contributed by atoms with Crippen molar-refractivity contribution in [3.8, 4) is 0 Å². The average Bonchev–Trinajstić information content (AvgIpc) is 2.87. The monoisotopic (exact) mass is 219 g/mol. The maximum absolute atomic E-state index is 4.18. The smallest absolute Gasteiger partial charge is 0.0560 e. The second-order valence-electron chi connectivity index (χ2n) is 4.03. The van der Waals surface area contributed by atoms with Gasteiger partial charge in [0.2, 0.25) is 0 Å². The third kappa shape index (κ3) is 2.70. The Morgan fingerprint density at radius 3 is 3.06 bits per heavy atom. The minimum absolute atomic E-state index is 0.384. The highest BCUT2D eigenvalue weighted by atomic mass is 15.3. The number of aromatic amines is 1. The zero-order valence-electron chi connectivity index (χ0n) is 9.64. The molecule has 0 spiro atoms. The summed E-state index contributed by atoms with van der Waals surface area (Å²) in [5, 5.41) is 14.5. The fraction of sp³-hybridized carbons (Fsp3) is 0.455. The summed E-state index contributed by atoms with van der Waals surface area (Å²) in [5.74, 6) is 0. The Balaban J connectivity index is 1.80. The van der Waals surface area contributed by atoms with Gasteiger partial charge in [0.05, 0.1) is 12.7 Å². The molecule has 0 aliphatic heterocycles. The van der Waals surface area contributed by atoms with Gasteiger partial charge in [0, 0.05) is 36.2 Å². The van der Waals surface area contributed by atoms with Crippen molar-refractivity contribution < 1.29 is 0 Å². The van der Waals surface area contributed by atoms with Crippen LogP contribution in [0.2, 0.25) is 0 Å². The van der Waals surface area contributed by atoms with Crippen LogP contribution < -0.4 is 5.32 Å². The fourth-order valence-electron chi connectivity index (χ4n) is 1.59. The lowest BCUT2D eigenvalue weighted by Gasteiger charge is -2.13. The molecule has 16 heavy (non-hydrogen) atoms. The lowest BCUT2D eigenvalue weighted by Crippen LogP contribution is -2.30. The Morgan fingerprint density at radius 1 is 1.56 bits per heavy atom. The quantitative estimate of drug-likeness (QED) is 0.791. The fourth-order valence-corrected chi connectivity index (χ4v) is 1.59. The maximum atomic E-state index is 4.18. The van der Waals surface area contributed by atoms with Crippen LogP contribution in [0.3, 0.4) is 0 Å². The van der Waals surface area contributed by atoms with Gasteiger partial charge >= 0.3 is 0 Å². The number of rotatable bonds is 5. The molecule has 0 saturated heterocycles. The van der Waals surface area contributed by atoms with E-state index in [-0.39, 0.29) is 0 Å². The minimum Gasteiger partial charge on any atom is -0.308 e. The molecule has 1 atom stereocenters. The highest BCUT2D eigenvalue weighted by Gasteiger charge is 2.05. The van der Waals surface area contributed by atoms with Crippen LogP contribution in [0.5, 0.6) is 0 Å². The lowest BCUT2D eigenvalue weighted by molar-refractivity contribution is 0.450. The zero-order chi connectivity index (χ0) is 11.4. The van der Waals surface area contributed by atoms with E-state index in [4.69, 9.17) is 0 Å². The summed E-state index contributed by atoms with van der Waals surface area (Å²) in [6, 6.07) is 2.32. The van der Waals surface area contributed by atoms with Crippen molar-refractivity contribution in [3.05, 3.63) is 35.9 Å². The highest BCUT2D eigenvalue weighted by Crippen LogP contribution is 2.02. The first-order valence-corrected chi connectivity index (χ1v) is 5.45. The van der Waals surface area contributed by atoms with Crippen LogP contribution in [0.15, 0.2) is 24.7 Å². The second kappa shape index (κ2) is 4.94. The normalized spacial score (nSPS) is 12.9. The van der Waals surface area contributed by atoms with Crippen molar-refractivity contribution >= 4 is 0 Å². The molecule has 2 aromatic rings. The maximum Gasteiger partial charge on any atom is 0.0560 e. The Kier molecular flexibility index (Phi) is 3.36. The molecule has 0 bridgehead atoms. The van der Waals surface area contributed by atoms with Crippen LogP contribution >= 0.6 is 0 Å². The molecule has 5 nitrogen and oxygen atoms in total. The van der Waals surface area contributed by atoms with E-state index in [1.54, 1.807) is 6.20 Å². The van der Waals surface area contributed by atoms with Gasteiger partial charge in [-0.3, -0.25) is 9.78 Å². The second-order valence-corrected chi connectivity index (χ2v) is 4.03. The molecule has 0 radical (unpaired) electrons. The number of nitrogens with one attached hydrogen (secondary N) is 2. The van der Waals surface area contributed by atoms with Crippen molar-refractivity contribution in [3.63, 3.8) is 0 Å². The van der Waals surface area contributed by atoms with Crippen molar-refractivity contribution in [2.24, 2.45) is 0 Å². The summed E-state index contributed by atoms with van der Waals surface area (Å²) >= 11 is 0. The number of aryl methyl sites for hydroxylation is 1.